The number of rotatable bonds is 10. The summed E-state index contributed by atoms with van der Waals surface area (Å²) in [5, 5.41) is 8.62. The molecule has 0 amide bonds. The fraction of sp³-hybridized carbons (Fsp3) is 0.560. The molecule has 1 N–H and O–H groups in total. The van der Waals surface area contributed by atoms with E-state index in [9.17, 15) is 4.79 Å². The van der Waals surface area contributed by atoms with Gasteiger partial charge in [-0.15, -0.1) is 0 Å². The molecule has 0 heterocycles. The summed E-state index contributed by atoms with van der Waals surface area (Å²) in [7, 11) is 4.05. The maximum absolute atomic E-state index is 10.5. The molecule has 5 nitrogen and oxygen atoms in total. The number of carboxylic acid groups (broad SMARTS) is 1. The fourth-order valence-corrected chi connectivity index (χ4v) is 2.02. The molecule has 0 aliphatic heterocycles. The first kappa shape index (κ1) is 29.9. The third-order valence-electron chi connectivity index (χ3n) is 3.55. The van der Waals surface area contributed by atoms with Gasteiger partial charge in [0, 0.05) is 12.5 Å². The van der Waals surface area contributed by atoms with Crippen LogP contribution in [0.4, 0.5) is 0 Å². The van der Waals surface area contributed by atoms with Gasteiger partial charge in [0.1, 0.15) is 12.4 Å². The maximum Gasteiger partial charge on any atom is 0.341 e. The Kier molecular flexibility index (Phi) is 18.7. The Bertz CT molecular complexity index is 617. The van der Waals surface area contributed by atoms with Crippen LogP contribution in [0.15, 0.2) is 42.2 Å². The van der Waals surface area contributed by atoms with E-state index in [1.54, 1.807) is 12.1 Å². The van der Waals surface area contributed by atoms with Crippen LogP contribution >= 0.6 is 0 Å². The highest BCUT2D eigenvalue weighted by Gasteiger charge is 2.05. The summed E-state index contributed by atoms with van der Waals surface area (Å²) in [6, 6.07) is 7.38. The predicted molar refractivity (Wildman–Crippen MR) is 128 cm³/mol. The molecular formula is C25H43NO4. The largest absolute Gasteiger partial charge is 0.496 e. The number of ether oxygens (including phenoxy) is 2. The Balaban J connectivity index is 0. The standard InChI is InChI=1S/C20H29NO4.C3H8.C2H6/c1-15(2)19(24-13-12-21(4)5)11-6-16(3)17-7-9-18(10-8-17)25-14-20(22)23;1-3-2;1-2/h6-11,15H,12-14H2,1-5H3,(H,22,23);3H2,1-2H3;1-2H3/b16-6+,19-11+;;. The molecule has 0 radical (unpaired) electrons. The highest BCUT2D eigenvalue weighted by Crippen LogP contribution is 2.20. The average Bonchev–Trinajstić information content (AvgIpc) is 2.70. The zero-order valence-electron chi connectivity index (χ0n) is 20.5. The van der Waals surface area contributed by atoms with Crippen molar-refractivity contribution in [1.82, 2.24) is 4.90 Å². The monoisotopic (exact) mass is 421 g/mol. The molecule has 1 aromatic carbocycles. The van der Waals surface area contributed by atoms with Gasteiger partial charge in [0.15, 0.2) is 6.61 Å². The second-order valence-corrected chi connectivity index (χ2v) is 7.14. The lowest BCUT2D eigenvalue weighted by molar-refractivity contribution is -0.139. The number of hydrogen-bond donors (Lipinski definition) is 1. The van der Waals surface area contributed by atoms with Crippen molar-refractivity contribution in [2.75, 3.05) is 33.9 Å². The first-order valence-corrected chi connectivity index (χ1v) is 10.8. The van der Waals surface area contributed by atoms with Gasteiger partial charge in [-0.05, 0) is 50.4 Å². The van der Waals surface area contributed by atoms with E-state index in [1.807, 2.05) is 59.2 Å². The Hall–Kier alpha value is -2.27. The van der Waals surface area contributed by atoms with E-state index in [0.717, 1.165) is 23.4 Å². The van der Waals surface area contributed by atoms with Gasteiger partial charge in [-0.25, -0.2) is 4.79 Å². The zero-order chi connectivity index (χ0) is 23.5. The summed E-state index contributed by atoms with van der Waals surface area (Å²) < 4.78 is 11.0. The van der Waals surface area contributed by atoms with Crippen molar-refractivity contribution < 1.29 is 19.4 Å². The summed E-state index contributed by atoms with van der Waals surface area (Å²) in [5.74, 6) is 0.839. The summed E-state index contributed by atoms with van der Waals surface area (Å²) in [4.78, 5) is 12.6. The van der Waals surface area contributed by atoms with Crippen LogP contribution in [0.5, 0.6) is 5.75 Å². The normalized spacial score (nSPS) is 11.3. The number of likely N-dealkylation sites (N-methyl/N-ethyl adjacent to an activating group) is 1. The van der Waals surface area contributed by atoms with Crippen LogP contribution in [0.2, 0.25) is 0 Å². The van der Waals surface area contributed by atoms with Gasteiger partial charge in [0.25, 0.3) is 0 Å². The van der Waals surface area contributed by atoms with E-state index in [4.69, 9.17) is 14.6 Å². The third kappa shape index (κ3) is 15.6. The number of benzene rings is 1. The number of hydrogen-bond acceptors (Lipinski definition) is 4. The van der Waals surface area contributed by atoms with Crippen LogP contribution in [0, 0.1) is 5.92 Å². The van der Waals surface area contributed by atoms with Gasteiger partial charge in [-0.2, -0.15) is 0 Å². The molecular weight excluding hydrogens is 378 g/mol. The molecule has 1 aromatic rings. The van der Waals surface area contributed by atoms with Crippen LogP contribution < -0.4 is 4.74 Å². The number of aliphatic carboxylic acids is 1. The summed E-state index contributed by atoms with van der Waals surface area (Å²) in [6.45, 7) is 15.7. The van der Waals surface area contributed by atoms with Crippen molar-refractivity contribution in [2.45, 2.75) is 54.9 Å². The van der Waals surface area contributed by atoms with E-state index < -0.39 is 5.97 Å². The van der Waals surface area contributed by atoms with Gasteiger partial charge in [-0.3, -0.25) is 0 Å². The molecule has 30 heavy (non-hydrogen) atoms. The van der Waals surface area contributed by atoms with E-state index in [-0.39, 0.29) is 6.61 Å². The molecule has 0 aromatic heterocycles. The van der Waals surface area contributed by atoms with Crippen molar-refractivity contribution in [3.63, 3.8) is 0 Å². The number of carbonyl (C=O) groups is 1. The second kappa shape index (κ2) is 18.7. The average molecular weight is 422 g/mol. The Morgan fingerprint density at radius 2 is 1.63 bits per heavy atom. The first-order chi connectivity index (χ1) is 14.2. The van der Waals surface area contributed by atoms with Crippen LogP contribution in [-0.2, 0) is 9.53 Å². The van der Waals surface area contributed by atoms with Gasteiger partial charge >= 0.3 is 5.97 Å². The predicted octanol–water partition coefficient (Wildman–Crippen LogP) is 6.11. The minimum Gasteiger partial charge on any atom is -0.496 e. The van der Waals surface area contributed by atoms with Gasteiger partial charge < -0.3 is 19.5 Å². The van der Waals surface area contributed by atoms with Crippen molar-refractivity contribution in [3.05, 3.63) is 47.7 Å². The molecule has 0 spiro atoms. The van der Waals surface area contributed by atoms with Crippen molar-refractivity contribution in [2.24, 2.45) is 5.92 Å². The van der Waals surface area contributed by atoms with Crippen molar-refractivity contribution in [3.8, 4) is 5.75 Å². The Morgan fingerprint density at radius 3 is 2.07 bits per heavy atom. The fourth-order valence-electron chi connectivity index (χ4n) is 2.02. The molecule has 172 valence electrons. The molecule has 0 saturated heterocycles. The lowest BCUT2D eigenvalue weighted by Crippen LogP contribution is -2.18. The smallest absolute Gasteiger partial charge is 0.341 e. The molecule has 0 aliphatic carbocycles. The van der Waals surface area contributed by atoms with Gasteiger partial charge in [0.05, 0.1) is 5.76 Å². The van der Waals surface area contributed by atoms with Crippen LogP contribution in [0.25, 0.3) is 5.57 Å². The molecule has 5 heteroatoms. The molecule has 0 bridgehead atoms. The van der Waals surface area contributed by atoms with E-state index >= 15 is 0 Å². The van der Waals surface area contributed by atoms with Crippen LogP contribution in [-0.4, -0.2) is 49.8 Å². The van der Waals surface area contributed by atoms with Gasteiger partial charge in [0.2, 0.25) is 0 Å². The summed E-state index contributed by atoms with van der Waals surface area (Å²) >= 11 is 0. The zero-order valence-corrected chi connectivity index (χ0v) is 20.5. The highest BCUT2D eigenvalue weighted by atomic mass is 16.5. The van der Waals surface area contributed by atoms with Crippen molar-refractivity contribution >= 4 is 11.5 Å². The van der Waals surface area contributed by atoms with Crippen LogP contribution in [0.3, 0.4) is 0 Å². The second-order valence-electron chi connectivity index (χ2n) is 7.14. The minimum atomic E-state index is -0.985. The topological polar surface area (TPSA) is 59.0 Å². The van der Waals surface area contributed by atoms with Crippen LogP contribution in [0.1, 0.15) is 60.5 Å². The number of nitrogens with zero attached hydrogens (tertiary/aromatic N) is 1. The lowest BCUT2D eigenvalue weighted by Gasteiger charge is -2.16. The Labute approximate surface area is 184 Å². The molecule has 0 unspecified atom stereocenters. The highest BCUT2D eigenvalue weighted by molar-refractivity contribution is 5.69. The first-order valence-electron chi connectivity index (χ1n) is 10.8. The third-order valence-corrected chi connectivity index (χ3v) is 3.55. The molecule has 1 rings (SSSR count). The summed E-state index contributed by atoms with van der Waals surface area (Å²) in [6.07, 6.45) is 5.31. The summed E-state index contributed by atoms with van der Waals surface area (Å²) in [5.41, 5.74) is 2.15. The minimum absolute atomic E-state index is 0.318. The molecule has 0 aliphatic rings. The molecule has 0 fully saturated rings. The maximum atomic E-state index is 10.5. The quantitative estimate of drug-likeness (QED) is 0.365. The Morgan fingerprint density at radius 1 is 1.10 bits per heavy atom. The molecule has 0 saturated carbocycles. The van der Waals surface area contributed by atoms with E-state index in [0.29, 0.717) is 18.3 Å². The van der Waals surface area contributed by atoms with Gasteiger partial charge in [-0.1, -0.05) is 66.2 Å². The van der Waals surface area contributed by atoms with E-state index in [1.165, 1.54) is 6.42 Å². The SMILES string of the molecule is C/C(=C\C=C(\OCCN(C)C)C(C)C)c1ccc(OCC(=O)O)cc1.CC.CCC. The number of carboxylic acids is 1. The van der Waals surface area contributed by atoms with E-state index in [2.05, 4.69) is 32.6 Å². The van der Waals surface area contributed by atoms with Crippen molar-refractivity contribution in [1.29, 1.82) is 0 Å². The molecule has 0 atom stereocenters. The lowest BCUT2D eigenvalue weighted by atomic mass is 10.1. The number of allylic oxidation sites excluding steroid dienone is 4.